The second-order valence-corrected chi connectivity index (χ2v) is 6.62. The summed E-state index contributed by atoms with van der Waals surface area (Å²) in [7, 11) is 0. The van der Waals surface area contributed by atoms with E-state index in [0.29, 0.717) is 5.69 Å². The Hall–Kier alpha value is -1.45. The van der Waals surface area contributed by atoms with E-state index in [0.717, 1.165) is 32.1 Å². The average Bonchev–Trinajstić information content (AvgIpc) is 2.44. The first kappa shape index (κ1) is 15.4. The molecule has 1 fully saturated rings. The second kappa shape index (κ2) is 5.64. The predicted molar refractivity (Wildman–Crippen MR) is 90.6 cm³/mol. The molecule has 2 aliphatic rings. The second-order valence-electron chi connectivity index (χ2n) is 5.54. The number of hydrogen-bond donors (Lipinski definition) is 2. The lowest BCUT2D eigenvalue weighted by Crippen LogP contribution is -2.58. The Balaban J connectivity index is 2.12. The zero-order valence-electron chi connectivity index (χ0n) is 11.8. The van der Waals surface area contributed by atoms with Gasteiger partial charge in [-0.2, -0.15) is 4.99 Å². The van der Waals surface area contributed by atoms with E-state index in [2.05, 4.69) is 9.98 Å². The van der Waals surface area contributed by atoms with E-state index in [1.54, 1.807) is 27.5 Å². The Morgan fingerprint density at radius 2 is 1.68 bits per heavy atom. The molecule has 8 heteroatoms. The van der Waals surface area contributed by atoms with Crippen LogP contribution in [0.2, 0.25) is 0 Å². The lowest BCUT2D eigenvalue weighted by molar-refractivity contribution is 0.305. The standard InChI is InChI=1S/C14H16F2IN5/c15-9-6-8(7-10(16)11(9)17)22-13(19)20-12(18)21-14(22)4-2-1-3-5-14/h6-7H,1-5H2,(H4,18,19,20,21). The molecule has 118 valence electrons. The predicted octanol–water partition coefficient (Wildman–Crippen LogP) is 2.68. The third-order valence-corrected chi connectivity index (χ3v) is 5.11. The molecule has 1 saturated carbocycles. The molecule has 1 aromatic rings. The number of benzene rings is 1. The number of hydrogen-bond acceptors (Lipinski definition) is 5. The largest absolute Gasteiger partial charge is 0.369 e. The first-order valence-electron chi connectivity index (χ1n) is 7.07. The van der Waals surface area contributed by atoms with Crippen LogP contribution in [0.3, 0.4) is 0 Å². The van der Waals surface area contributed by atoms with E-state index < -0.39 is 17.3 Å². The van der Waals surface area contributed by atoms with Crippen molar-refractivity contribution in [3.63, 3.8) is 0 Å². The van der Waals surface area contributed by atoms with Gasteiger partial charge in [-0.15, -0.1) is 0 Å². The van der Waals surface area contributed by atoms with E-state index in [-0.39, 0.29) is 15.5 Å². The van der Waals surface area contributed by atoms with Crippen molar-refractivity contribution in [3.05, 3.63) is 27.3 Å². The van der Waals surface area contributed by atoms with Gasteiger partial charge in [0.1, 0.15) is 17.3 Å². The van der Waals surface area contributed by atoms with Crippen molar-refractivity contribution in [1.29, 1.82) is 0 Å². The highest BCUT2D eigenvalue weighted by Crippen LogP contribution is 2.40. The summed E-state index contributed by atoms with van der Waals surface area (Å²) in [6, 6.07) is 2.53. The van der Waals surface area contributed by atoms with E-state index in [9.17, 15) is 8.78 Å². The number of aliphatic imine (C=N–C) groups is 2. The van der Waals surface area contributed by atoms with Gasteiger partial charge in [-0.05, 0) is 60.4 Å². The summed E-state index contributed by atoms with van der Waals surface area (Å²) in [4.78, 5) is 10.1. The minimum Gasteiger partial charge on any atom is -0.369 e. The fourth-order valence-corrected chi connectivity index (χ4v) is 3.48. The SMILES string of the molecule is NC1=NC2(CCCCC2)N(c2cc(F)c(I)c(F)c2)C(N)=N1. The lowest BCUT2D eigenvalue weighted by atomic mass is 9.87. The Morgan fingerprint density at radius 1 is 1.09 bits per heavy atom. The number of halogens is 3. The van der Waals surface area contributed by atoms with Crippen LogP contribution in [-0.2, 0) is 0 Å². The molecule has 0 amide bonds. The Morgan fingerprint density at radius 3 is 2.27 bits per heavy atom. The van der Waals surface area contributed by atoms with E-state index in [4.69, 9.17) is 11.5 Å². The molecule has 22 heavy (non-hydrogen) atoms. The molecule has 0 saturated heterocycles. The van der Waals surface area contributed by atoms with Crippen LogP contribution < -0.4 is 16.4 Å². The monoisotopic (exact) mass is 419 g/mol. The van der Waals surface area contributed by atoms with Gasteiger partial charge in [0.25, 0.3) is 0 Å². The molecule has 1 heterocycles. The van der Waals surface area contributed by atoms with Crippen molar-refractivity contribution < 1.29 is 8.78 Å². The number of guanidine groups is 2. The van der Waals surface area contributed by atoms with Gasteiger partial charge >= 0.3 is 0 Å². The van der Waals surface area contributed by atoms with Crippen molar-refractivity contribution in [2.45, 2.75) is 37.8 Å². The molecule has 5 nitrogen and oxygen atoms in total. The van der Waals surface area contributed by atoms with Crippen molar-refractivity contribution in [3.8, 4) is 0 Å². The quantitative estimate of drug-likeness (QED) is 0.543. The minimum atomic E-state index is -0.695. The number of nitrogens with zero attached hydrogens (tertiary/aromatic N) is 3. The zero-order valence-corrected chi connectivity index (χ0v) is 14.0. The smallest absolute Gasteiger partial charge is 0.220 e. The van der Waals surface area contributed by atoms with E-state index >= 15 is 0 Å². The first-order chi connectivity index (χ1) is 10.4. The van der Waals surface area contributed by atoms with Gasteiger partial charge in [0.2, 0.25) is 11.9 Å². The molecular formula is C14H16F2IN5. The fraction of sp³-hybridized carbons (Fsp3) is 0.429. The molecule has 0 bridgehead atoms. The van der Waals surface area contributed by atoms with Crippen LogP contribution in [0.15, 0.2) is 22.1 Å². The van der Waals surface area contributed by atoms with Gasteiger partial charge in [0.15, 0.2) is 0 Å². The normalized spacial score (nSPS) is 20.8. The lowest BCUT2D eigenvalue weighted by Gasteiger charge is -2.45. The van der Waals surface area contributed by atoms with Gasteiger partial charge in [-0.3, -0.25) is 4.90 Å². The van der Waals surface area contributed by atoms with Crippen LogP contribution in [-0.4, -0.2) is 17.6 Å². The number of rotatable bonds is 1. The third-order valence-electron chi connectivity index (χ3n) is 4.08. The van der Waals surface area contributed by atoms with Gasteiger partial charge < -0.3 is 11.5 Å². The zero-order chi connectivity index (χ0) is 15.9. The molecule has 4 N–H and O–H groups in total. The molecule has 1 aromatic carbocycles. The Kier molecular flexibility index (Phi) is 3.96. The van der Waals surface area contributed by atoms with Crippen LogP contribution >= 0.6 is 22.6 Å². The molecule has 0 unspecified atom stereocenters. The summed E-state index contributed by atoms with van der Waals surface area (Å²) in [5.74, 6) is -1.02. The summed E-state index contributed by atoms with van der Waals surface area (Å²) < 4.78 is 27.8. The highest BCUT2D eigenvalue weighted by molar-refractivity contribution is 14.1. The van der Waals surface area contributed by atoms with Gasteiger partial charge in [0.05, 0.1) is 9.26 Å². The Bertz CT molecular complexity index is 644. The van der Waals surface area contributed by atoms with Crippen LogP contribution in [0.5, 0.6) is 0 Å². The molecule has 1 aliphatic carbocycles. The highest BCUT2D eigenvalue weighted by Gasteiger charge is 2.42. The number of nitrogens with two attached hydrogens (primary N) is 2. The van der Waals surface area contributed by atoms with E-state index in [1.807, 2.05) is 0 Å². The third kappa shape index (κ3) is 2.53. The highest BCUT2D eigenvalue weighted by atomic mass is 127. The maximum absolute atomic E-state index is 13.9. The summed E-state index contributed by atoms with van der Waals surface area (Å²) >= 11 is 1.63. The fourth-order valence-electron chi connectivity index (χ4n) is 3.17. The minimum absolute atomic E-state index is 0.0467. The molecule has 3 rings (SSSR count). The molecule has 1 spiro atoms. The molecule has 0 aromatic heterocycles. The van der Waals surface area contributed by atoms with Gasteiger partial charge in [-0.1, -0.05) is 6.42 Å². The molecule has 1 aliphatic heterocycles. The van der Waals surface area contributed by atoms with Gasteiger partial charge in [0, 0.05) is 0 Å². The molecule has 0 radical (unpaired) electrons. The summed E-state index contributed by atoms with van der Waals surface area (Å²) in [6.45, 7) is 0. The van der Waals surface area contributed by atoms with Crippen LogP contribution in [0.1, 0.15) is 32.1 Å². The topological polar surface area (TPSA) is 80.0 Å². The van der Waals surface area contributed by atoms with Crippen LogP contribution in [0.25, 0.3) is 0 Å². The van der Waals surface area contributed by atoms with Crippen LogP contribution in [0, 0.1) is 15.2 Å². The molecular weight excluding hydrogens is 403 g/mol. The summed E-state index contributed by atoms with van der Waals surface area (Å²) in [5.41, 5.74) is 11.4. The first-order valence-corrected chi connectivity index (χ1v) is 8.15. The van der Waals surface area contributed by atoms with Crippen LogP contribution in [0.4, 0.5) is 14.5 Å². The van der Waals surface area contributed by atoms with Crippen molar-refractivity contribution in [2.24, 2.45) is 21.5 Å². The Labute approximate surface area is 140 Å². The van der Waals surface area contributed by atoms with Crippen molar-refractivity contribution in [1.82, 2.24) is 0 Å². The summed E-state index contributed by atoms with van der Waals surface area (Å²) in [6.07, 6.45) is 4.45. The van der Waals surface area contributed by atoms with E-state index in [1.165, 1.54) is 12.1 Å². The van der Waals surface area contributed by atoms with Crippen molar-refractivity contribution in [2.75, 3.05) is 4.90 Å². The van der Waals surface area contributed by atoms with Gasteiger partial charge in [-0.25, -0.2) is 13.8 Å². The van der Waals surface area contributed by atoms with Crippen molar-refractivity contribution >= 4 is 40.2 Å². The summed E-state index contributed by atoms with van der Waals surface area (Å²) in [5, 5.41) is 0. The average molecular weight is 419 g/mol. The maximum atomic E-state index is 13.9. The molecule has 0 atom stereocenters. The number of anilines is 1. The maximum Gasteiger partial charge on any atom is 0.220 e.